The Balaban J connectivity index is 1.29. The SMILES string of the molecule is CN1CCN(C(=O)[C@H]2CCc3c(sc4ncnc(Nc5cc6snnc6cc5Cl)c34)C2)CC1. The molecular formula is C22H22ClN7OS2. The fourth-order valence-electron chi connectivity index (χ4n) is 4.73. The first-order chi connectivity index (χ1) is 16.1. The quantitative estimate of drug-likeness (QED) is 0.456. The summed E-state index contributed by atoms with van der Waals surface area (Å²) >= 11 is 9.52. The first kappa shape index (κ1) is 21.2. The summed E-state index contributed by atoms with van der Waals surface area (Å²) in [5, 5.41) is 9.12. The van der Waals surface area contributed by atoms with Crippen molar-refractivity contribution in [2.24, 2.45) is 5.92 Å². The van der Waals surface area contributed by atoms with Gasteiger partial charge in [-0.15, -0.1) is 16.4 Å². The number of amides is 1. The van der Waals surface area contributed by atoms with Gasteiger partial charge in [0.15, 0.2) is 0 Å². The summed E-state index contributed by atoms with van der Waals surface area (Å²) in [6.07, 6.45) is 4.07. The molecule has 6 rings (SSSR count). The number of carbonyl (C=O) groups excluding carboxylic acids is 1. The molecule has 1 fully saturated rings. The van der Waals surface area contributed by atoms with Gasteiger partial charge in [0.1, 0.15) is 22.5 Å². The minimum absolute atomic E-state index is 0.0500. The molecule has 3 aromatic heterocycles. The Bertz CT molecular complexity index is 1360. The van der Waals surface area contributed by atoms with Gasteiger partial charge >= 0.3 is 0 Å². The summed E-state index contributed by atoms with van der Waals surface area (Å²) in [5.41, 5.74) is 2.82. The number of hydrogen-bond donors (Lipinski definition) is 1. The highest BCUT2D eigenvalue weighted by Gasteiger charge is 2.32. The molecule has 33 heavy (non-hydrogen) atoms. The number of nitrogens with zero attached hydrogens (tertiary/aromatic N) is 6. The molecule has 4 aromatic rings. The molecule has 4 heterocycles. The second kappa shape index (κ2) is 8.43. The van der Waals surface area contributed by atoms with E-state index in [1.165, 1.54) is 22.0 Å². The average Bonchev–Trinajstić information content (AvgIpc) is 3.43. The maximum Gasteiger partial charge on any atom is 0.226 e. The van der Waals surface area contributed by atoms with E-state index in [9.17, 15) is 4.79 Å². The maximum absolute atomic E-state index is 13.2. The number of halogens is 1. The molecule has 0 spiro atoms. The van der Waals surface area contributed by atoms with Crippen LogP contribution < -0.4 is 5.32 Å². The van der Waals surface area contributed by atoms with Crippen LogP contribution in [0.25, 0.3) is 20.4 Å². The minimum Gasteiger partial charge on any atom is -0.340 e. The molecular weight excluding hydrogens is 478 g/mol. The van der Waals surface area contributed by atoms with E-state index in [0.717, 1.165) is 77.4 Å². The molecule has 1 aliphatic heterocycles. The molecule has 2 aliphatic rings. The van der Waals surface area contributed by atoms with Crippen LogP contribution in [0, 0.1) is 5.92 Å². The topological polar surface area (TPSA) is 87.1 Å². The fraction of sp³-hybridized carbons (Fsp3) is 0.409. The zero-order valence-electron chi connectivity index (χ0n) is 18.0. The van der Waals surface area contributed by atoms with E-state index in [4.69, 9.17) is 11.6 Å². The van der Waals surface area contributed by atoms with Crippen LogP contribution in [0.15, 0.2) is 18.5 Å². The van der Waals surface area contributed by atoms with E-state index in [-0.39, 0.29) is 5.92 Å². The average molecular weight is 500 g/mol. The van der Waals surface area contributed by atoms with Crippen molar-refractivity contribution >= 4 is 72.3 Å². The Morgan fingerprint density at radius 1 is 1.21 bits per heavy atom. The van der Waals surface area contributed by atoms with Crippen LogP contribution in [0.4, 0.5) is 11.5 Å². The predicted molar refractivity (Wildman–Crippen MR) is 133 cm³/mol. The zero-order chi connectivity index (χ0) is 22.5. The van der Waals surface area contributed by atoms with Crippen LogP contribution in [0.3, 0.4) is 0 Å². The molecule has 1 saturated heterocycles. The Morgan fingerprint density at radius 3 is 2.91 bits per heavy atom. The number of aryl methyl sites for hydroxylation is 1. The van der Waals surface area contributed by atoms with Crippen molar-refractivity contribution in [2.75, 3.05) is 38.5 Å². The number of nitrogens with one attached hydrogen (secondary N) is 1. The predicted octanol–water partition coefficient (Wildman–Crippen LogP) is 3.97. The van der Waals surface area contributed by atoms with E-state index in [2.05, 4.69) is 36.8 Å². The van der Waals surface area contributed by atoms with Crippen molar-refractivity contribution in [3.05, 3.63) is 33.9 Å². The number of benzene rings is 1. The van der Waals surface area contributed by atoms with E-state index < -0.39 is 0 Å². The van der Waals surface area contributed by atoms with Gasteiger partial charge in [0.25, 0.3) is 0 Å². The molecule has 0 radical (unpaired) electrons. The Morgan fingerprint density at radius 2 is 2.06 bits per heavy atom. The van der Waals surface area contributed by atoms with Crippen molar-refractivity contribution in [3.8, 4) is 0 Å². The second-order valence-corrected chi connectivity index (χ2v) is 10.9. The van der Waals surface area contributed by atoms with Gasteiger partial charge in [0.2, 0.25) is 5.91 Å². The van der Waals surface area contributed by atoms with Gasteiger partial charge in [-0.25, -0.2) is 9.97 Å². The Hall–Kier alpha value is -2.40. The van der Waals surface area contributed by atoms with E-state index in [1.54, 1.807) is 17.7 Å². The number of rotatable bonds is 3. The number of carbonyl (C=O) groups is 1. The second-order valence-electron chi connectivity index (χ2n) is 8.67. The van der Waals surface area contributed by atoms with Crippen LogP contribution in [0.2, 0.25) is 5.02 Å². The fourth-order valence-corrected chi connectivity index (χ4v) is 6.78. The highest BCUT2D eigenvalue weighted by molar-refractivity contribution is 7.19. The number of fused-ring (bicyclic) bond motifs is 4. The van der Waals surface area contributed by atoms with Crippen LogP contribution >= 0.6 is 34.5 Å². The standard InChI is InChI=1S/C22H22ClN7OS2/c1-29-4-6-30(7-5-29)22(31)12-2-3-13-17(8-12)32-21-19(13)20(24-11-25-21)26-15-10-18-16(9-14(15)23)27-28-33-18/h9-12H,2-8H2,1H3,(H,24,25,26)/t12-/m0/s1. The summed E-state index contributed by atoms with van der Waals surface area (Å²) < 4.78 is 4.96. The van der Waals surface area contributed by atoms with Gasteiger partial charge in [0.05, 0.1) is 20.8 Å². The molecule has 1 atom stereocenters. The molecule has 1 amide bonds. The third-order valence-corrected chi connectivity index (χ3v) is 8.76. The highest BCUT2D eigenvalue weighted by Crippen LogP contribution is 2.41. The number of likely N-dealkylation sites (N-methyl/N-ethyl adjacent to an activating group) is 1. The molecule has 0 saturated carbocycles. The lowest BCUT2D eigenvalue weighted by atomic mass is 9.86. The van der Waals surface area contributed by atoms with Crippen LogP contribution in [0.5, 0.6) is 0 Å². The molecule has 1 N–H and O–H groups in total. The summed E-state index contributed by atoms with van der Waals surface area (Å²) in [6.45, 7) is 3.54. The highest BCUT2D eigenvalue weighted by atomic mass is 35.5. The molecule has 11 heteroatoms. The number of piperazine rings is 1. The smallest absolute Gasteiger partial charge is 0.226 e. The molecule has 1 aromatic carbocycles. The Labute approximate surface area is 203 Å². The van der Waals surface area contributed by atoms with Crippen molar-refractivity contribution in [1.82, 2.24) is 29.4 Å². The van der Waals surface area contributed by atoms with Crippen molar-refractivity contribution in [2.45, 2.75) is 19.3 Å². The van der Waals surface area contributed by atoms with E-state index in [1.807, 2.05) is 17.0 Å². The normalized spacial score (nSPS) is 19.2. The van der Waals surface area contributed by atoms with Crippen LogP contribution in [0.1, 0.15) is 16.9 Å². The third kappa shape index (κ3) is 3.84. The first-order valence-electron chi connectivity index (χ1n) is 11.0. The van der Waals surface area contributed by atoms with Crippen molar-refractivity contribution in [3.63, 3.8) is 0 Å². The summed E-state index contributed by atoms with van der Waals surface area (Å²) in [6, 6.07) is 3.78. The first-order valence-corrected chi connectivity index (χ1v) is 12.9. The van der Waals surface area contributed by atoms with Gasteiger partial charge in [-0.05, 0) is 55.5 Å². The molecule has 8 nitrogen and oxygen atoms in total. The summed E-state index contributed by atoms with van der Waals surface area (Å²) in [4.78, 5) is 28.8. The van der Waals surface area contributed by atoms with Gasteiger partial charge in [-0.2, -0.15) is 0 Å². The minimum atomic E-state index is 0.0500. The van der Waals surface area contributed by atoms with Crippen molar-refractivity contribution in [1.29, 1.82) is 0 Å². The zero-order valence-corrected chi connectivity index (χ0v) is 20.4. The van der Waals surface area contributed by atoms with Crippen LogP contribution in [-0.4, -0.2) is 68.5 Å². The van der Waals surface area contributed by atoms with Crippen LogP contribution in [-0.2, 0) is 17.6 Å². The Kier molecular flexibility index (Phi) is 5.40. The molecule has 0 bridgehead atoms. The van der Waals surface area contributed by atoms with Crippen molar-refractivity contribution < 1.29 is 4.79 Å². The molecule has 1 aliphatic carbocycles. The van der Waals surface area contributed by atoms with E-state index >= 15 is 0 Å². The number of thiophene rings is 1. The lowest BCUT2D eigenvalue weighted by Gasteiger charge is -2.35. The molecule has 170 valence electrons. The number of aromatic nitrogens is 4. The summed E-state index contributed by atoms with van der Waals surface area (Å²) in [5.74, 6) is 1.10. The van der Waals surface area contributed by atoms with E-state index in [0.29, 0.717) is 10.9 Å². The monoisotopic (exact) mass is 499 g/mol. The largest absolute Gasteiger partial charge is 0.340 e. The number of hydrogen-bond acceptors (Lipinski definition) is 9. The van der Waals surface area contributed by atoms with Gasteiger partial charge in [0, 0.05) is 37.0 Å². The summed E-state index contributed by atoms with van der Waals surface area (Å²) in [7, 11) is 2.11. The van der Waals surface area contributed by atoms with Gasteiger partial charge in [-0.3, -0.25) is 4.79 Å². The van der Waals surface area contributed by atoms with Gasteiger partial charge in [-0.1, -0.05) is 16.1 Å². The third-order valence-electron chi connectivity index (χ3n) is 6.60. The maximum atomic E-state index is 13.2. The number of anilines is 2. The lowest BCUT2D eigenvalue weighted by Crippen LogP contribution is -2.49. The molecule has 0 unspecified atom stereocenters. The van der Waals surface area contributed by atoms with Gasteiger partial charge < -0.3 is 15.1 Å². The lowest BCUT2D eigenvalue weighted by molar-refractivity contribution is -0.137.